The zero-order valence-corrected chi connectivity index (χ0v) is 7.29. The molecule has 0 saturated carbocycles. The molecule has 0 radical (unpaired) electrons. The van der Waals surface area contributed by atoms with Crippen molar-refractivity contribution in [2.45, 2.75) is 26.4 Å². The standard InChI is InChI=1S/C7H11NO4/c1-7(2,3)12-6(10)8-4-11-5(8)9/h4H2,1-3H3. The number of cyclic esters (lactones) is 1. The summed E-state index contributed by atoms with van der Waals surface area (Å²) in [5, 5.41) is 0. The summed E-state index contributed by atoms with van der Waals surface area (Å²) in [6, 6.07) is 0. The van der Waals surface area contributed by atoms with Crippen molar-refractivity contribution in [2.24, 2.45) is 0 Å². The Morgan fingerprint density at radius 1 is 1.58 bits per heavy atom. The molecule has 0 aromatic carbocycles. The summed E-state index contributed by atoms with van der Waals surface area (Å²) in [6.45, 7) is 5.19. The van der Waals surface area contributed by atoms with Crippen molar-refractivity contribution in [3.05, 3.63) is 0 Å². The minimum absolute atomic E-state index is 0.00620. The number of carbonyl (C=O) groups excluding carboxylic acids is 2. The molecule has 0 spiro atoms. The third-order valence-corrected chi connectivity index (χ3v) is 1.15. The van der Waals surface area contributed by atoms with Gasteiger partial charge in [0.15, 0.2) is 6.73 Å². The Labute approximate surface area is 70.2 Å². The number of ether oxygens (including phenoxy) is 2. The van der Waals surface area contributed by atoms with E-state index in [1.54, 1.807) is 20.8 Å². The van der Waals surface area contributed by atoms with E-state index >= 15 is 0 Å². The molecular weight excluding hydrogens is 162 g/mol. The Morgan fingerprint density at radius 2 is 2.17 bits per heavy atom. The summed E-state index contributed by atoms with van der Waals surface area (Å²) in [6.07, 6.45) is -1.30. The fourth-order valence-electron chi connectivity index (χ4n) is 0.626. The van der Waals surface area contributed by atoms with Gasteiger partial charge in [0.05, 0.1) is 0 Å². The van der Waals surface area contributed by atoms with Gasteiger partial charge in [0.1, 0.15) is 5.60 Å². The van der Waals surface area contributed by atoms with Gasteiger partial charge in [0, 0.05) is 0 Å². The topological polar surface area (TPSA) is 55.8 Å². The van der Waals surface area contributed by atoms with Gasteiger partial charge in [-0.25, -0.2) is 9.59 Å². The van der Waals surface area contributed by atoms with Gasteiger partial charge in [-0.15, -0.1) is 0 Å². The smallest absolute Gasteiger partial charge is 0.423 e. The van der Waals surface area contributed by atoms with Crippen molar-refractivity contribution in [1.82, 2.24) is 4.90 Å². The number of carbonyl (C=O) groups is 2. The number of hydrogen-bond acceptors (Lipinski definition) is 4. The third-order valence-electron chi connectivity index (χ3n) is 1.15. The van der Waals surface area contributed by atoms with Crippen LogP contribution in [-0.4, -0.2) is 29.4 Å². The van der Waals surface area contributed by atoms with Gasteiger partial charge in [-0.2, -0.15) is 4.90 Å². The number of amides is 2. The maximum absolute atomic E-state index is 11.1. The van der Waals surface area contributed by atoms with Crippen molar-refractivity contribution in [3.8, 4) is 0 Å². The van der Waals surface area contributed by atoms with E-state index in [4.69, 9.17) is 4.74 Å². The van der Waals surface area contributed by atoms with Crippen LogP contribution in [0, 0.1) is 0 Å². The SMILES string of the molecule is CC(C)(C)OC(=O)N1COC1=O. The average Bonchev–Trinajstić information content (AvgIpc) is 1.79. The van der Waals surface area contributed by atoms with Crippen LogP contribution in [0.5, 0.6) is 0 Å². The molecule has 0 aliphatic carbocycles. The Kier molecular flexibility index (Phi) is 1.95. The van der Waals surface area contributed by atoms with Gasteiger partial charge in [-0.3, -0.25) is 0 Å². The fourth-order valence-corrected chi connectivity index (χ4v) is 0.626. The molecule has 12 heavy (non-hydrogen) atoms. The number of imide groups is 1. The molecule has 1 rings (SSSR count). The van der Waals surface area contributed by atoms with E-state index in [1.807, 2.05) is 0 Å². The second-order valence-corrected chi connectivity index (χ2v) is 3.45. The van der Waals surface area contributed by atoms with Gasteiger partial charge in [-0.1, -0.05) is 0 Å². The summed E-state index contributed by atoms with van der Waals surface area (Å²) >= 11 is 0. The predicted molar refractivity (Wildman–Crippen MR) is 39.4 cm³/mol. The van der Waals surface area contributed by atoms with Crippen LogP contribution in [-0.2, 0) is 9.47 Å². The van der Waals surface area contributed by atoms with Crippen LogP contribution < -0.4 is 0 Å². The van der Waals surface area contributed by atoms with Crippen molar-refractivity contribution < 1.29 is 19.1 Å². The molecular formula is C7H11NO4. The van der Waals surface area contributed by atoms with Crippen molar-refractivity contribution in [1.29, 1.82) is 0 Å². The highest BCUT2D eigenvalue weighted by Gasteiger charge is 2.35. The molecule has 0 unspecified atom stereocenters. The molecule has 0 N–H and O–H groups in total. The molecule has 5 heteroatoms. The van der Waals surface area contributed by atoms with Gasteiger partial charge in [0.2, 0.25) is 0 Å². The molecule has 1 aliphatic rings. The molecule has 1 aliphatic heterocycles. The van der Waals surface area contributed by atoms with Crippen LogP contribution in [0.25, 0.3) is 0 Å². The highest BCUT2D eigenvalue weighted by Crippen LogP contribution is 2.14. The summed E-state index contributed by atoms with van der Waals surface area (Å²) in [5.41, 5.74) is -0.576. The molecule has 0 bridgehead atoms. The van der Waals surface area contributed by atoms with Crippen LogP contribution in [0.15, 0.2) is 0 Å². The maximum Gasteiger partial charge on any atom is 0.423 e. The maximum atomic E-state index is 11.1. The van der Waals surface area contributed by atoms with E-state index in [0.29, 0.717) is 0 Å². The van der Waals surface area contributed by atoms with Crippen LogP contribution in [0.1, 0.15) is 20.8 Å². The van der Waals surface area contributed by atoms with Gasteiger partial charge in [-0.05, 0) is 20.8 Å². The summed E-state index contributed by atoms with van der Waals surface area (Å²) in [4.78, 5) is 22.5. The zero-order valence-electron chi connectivity index (χ0n) is 7.29. The highest BCUT2D eigenvalue weighted by molar-refractivity contribution is 5.90. The van der Waals surface area contributed by atoms with E-state index in [0.717, 1.165) is 4.90 Å². The third kappa shape index (κ3) is 1.87. The minimum Gasteiger partial charge on any atom is -0.443 e. The molecule has 0 aromatic rings. The fraction of sp³-hybridized carbons (Fsp3) is 0.714. The number of hydrogen-bond donors (Lipinski definition) is 0. The van der Waals surface area contributed by atoms with Crippen LogP contribution in [0.2, 0.25) is 0 Å². The molecule has 2 amide bonds. The lowest BCUT2D eigenvalue weighted by atomic mass is 10.2. The van der Waals surface area contributed by atoms with E-state index in [1.165, 1.54) is 0 Å². The summed E-state index contributed by atoms with van der Waals surface area (Å²) < 4.78 is 9.26. The minimum atomic E-state index is -0.654. The normalized spacial score (nSPS) is 16.6. The lowest BCUT2D eigenvalue weighted by Gasteiger charge is -2.30. The first-order chi connectivity index (χ1) is 5.40. The molecule has 68 valence electrons. The summed E-state index contributed by atoms with van der Waals surface area (Å²) in [5.74, 6) is 0. The molecule has 1 fully saturated rings. The second-order valence-electron chi connectivity index (χ2n) is 3.45. The molecule has 0 atom stereocenters. The Morgan fingerprint density at radius 3 is 2.42 bits per heavy atom. The van der Waals surface area contributed by atoms with Gasteiger partial charge < -0.3 is 9.47 Å². The van der Waals surface area contributed by atoms with Crippen LogP contribution in [0.3, 0.4) is 0 Å². The lowest BCUT2D eigenvalue weighted by Crippen LogP contribution is -2.50. The molecule has 1 heterocycles. The molecule has 0 aromatic heterocycles. The van der Waals surface area contributed by atoms with E-state index in [2.05, 4.69) is 4.74 Å². The van der Waals surface area contributed by atoms with Crippen LogP contribution in [0.4, 0.5) is 9.59 Å². The first kappa shape index (κ1) is 8.83. The monoisotopic (exact) mass is 173 g/mol. The zero-order chi connectivity index (χ0) is 9.35. The Bertz CT molecular complexity index is 218. The first-order valence-corrected chi connectivity index (χ1v) is 3.57. The first-order valence-electron chi connectivity index (χ1n) is 3.57. The second kappa shape index (κ2) is 2.66. The largest absolute Gasteiger partial charge is 0.443 e. The number of rotatable bonds is 0. The Hall–Kier alpha value is -1.26. The van der Waals surface area contributed by atoms with E-state index in [9.17, 15) is 9.59 Å². The van der Waals surface area contributed by atoms with E-state index in [-0.39, 0.29) is 6.73 Å². The molecule has 5 nitrogen and oxygen atoms in total. The Balaban J connectivity index is 2.44. The van der Waals surface area contributed by atoms with E-state index < -0.39 is 17.8 Å². The predicted octanol–water partition coefficient (Wildman–Crippen LogP) is 1.33. The highest BCUT2D eigenvalue weighted by atomic mass is 16.6. The van der Waals surface area contributed by atoms with Crippen molar-refractivity contribution >= 4 is 12.2 Å². The quantitative estimate of drug-likeness (QED) is 0.554. The summed E-state index contributed by atoms with van der Waals surface area (Å²) in [7, 11) is 0. The van der Waals surface area contributed by atoms with Crippen molar-refractivity contribution in [2.75, 3.05) is 6.73 Å². The lowest BCUT2D eigenvalue weighted by molar-refractivity contribution is -0.0400. The average molecular weight is 173 g/mol. The van der Waals surface area contributed by atoms with Gasteiger partial charge >= 0.3 is 12.2 Å². The van der Waals surface area contributed by atoms with Gasteiger partial charge in [0.25, 0.3) is 0 Å². The van der Waals surface area contributed by atoms with Crippen LogP contribution >= 0.6 is 0 Å². The molecule has 1 saturated heterocycles. The van der Waals surface area contributed by atoms with Crippen molar-refractivity contribution in [3.63, 3.8) is 0 Å². The number of nitrogens with zero attached hydrogens (tertiary/aromatic N) is 1.